The molecule has 38 heavy (non-hydrogen) atoms. The van der Waals surface area contributed by atoms with Crippen LogP contribution in [0.15, 0.2) is 77.8 Å². The monoisotopic (exact) mass is 533 g/mol. The lowest BCUT2D eigenvalue weighted by atomic mass is 10.2. The van der Waals surface area contributed by atoms with Crippen LogP contribution in [-0.2, 0) is 11.3 Å². The first kappa shape index (κ1) is 26.9. The summed E-state index contributed by atoms with van der Waals surface area (Å²) in [5, 5.41) is 6.97. The Bertz CT molecular complexity index is 1420. The number of carbonyl (C=O) groups excluding carboxylic acids is 2. The van der Waals surface area contributed by atoms with Crippen LogP contribution in [0.5, 0.6) is 17.2 Å². The maximum Gasteiger partial charge on any atom is 0.251 e. The molecule has 0 unspecified atom stereocenters. The van der Waals surface area contributed by atoms with Gasteiger partial charge in [-0.1, -0.05) is 30.3 Å². The minimum atomic E-state index is -0.194. The number of carbonyl (C=O) groups is 2. The number of hydrogen-bond donors (Lipinski definition) is 2. The third kappa shape index (κ3) is 6.41. The van der Waals surface area contributed by atoms with Gasteiger partial charge in [0.2, 0.25) is 5.91 Å². The Balaban J connectivity index is 1.38. The third-order valence-electron chi connectivity index (χ3n) is 5.86. The van der Waals surface area contributed by atoms with Gasteiger partial charge in [-0.2, -0.15) is 0 Å². The number of nitrogens with zero attached hydrogens (tertiary/aromatic N) is 1. The molecule has 0 aliphatic carbocycles. The molecule has 3 aromatic carbocycles. The summed E-state index contributed by atoms with van der Waals surface area (Å²) in [6.45, 7) is 3.44. The molecule has 4 rings (SSSR count). The number of thioether (sulfide) groups is 1. The number of nitrogens with one attached hydrogen (secondary N) is 2. The van der Waals surface area contributed by atoms with Crippen LogP contribution in [0.2, 0.25) is 0 Å². The average Bonchev–Trinajstić information content (AvgIpc) is 3.30. The van der Waals surface area contributed by atoms with E-state index in [0.717, 1.165) is 15.8 Å². The van der Waals surface area contributed by atoms with Crippen LogP contribution in [-0.4, -0.2) is 49.5 Å². The summed E-state index contributed by atoms with van der Waals surface area (Å²) in [7, 11) is 3.09. The van der Waals surface area contributed by atoms with E-state index >= 15 is 0 Å². The highest BCUT2D eigenvalue weighted by molar-refractivity contribution is 8.00. The van der Waals surface area contributed by atoms with Gasteiger partial charge in [-0.05, 0) is 43.3 Å². The number of amides is 2. The minimum absolute atomic E-state index is 0.110. The Hall–Kier alpha value is -4.11. The highest BCUT2D eigenvalue weighted by atomic mass is 32.2. The summed E-state index contributed by atoms with van der Waals surface area (Å²) in [6, 6.07) is 20.5. The van der Waals surface area contributed by atoms with Crippen LogP contribution in [0.25, 0.3) is 10.9 Å². The highest BCUT2D eigenvalue weighted by Gasteiger charge is 2.14. The Morgan fingerprint density at radius 3 is 2.47 bits per heavy atom. The third-order valence-corrected chi connectivity index (χ3v) is 6.90. The maximum absolute atomic E-state index is 12.7. The predicted octanol–water partition coefficient (Wildman–Crippen LogP) is 5.22. The van der Waals surface area contributed by atoms with Crippen LogP contribution >= 0.6 is 11.8 Å². The zero-order valence-corrected chi connectivity index (χ0v) is 22.5. The molecule has 0 radical (unpaired) electrons. The van der Waals surface area contributed by atoms with E-state index in [9.17, 15) is 9.59 Å². The molecule has 0 saturated carbocycles. The van der Waals surface area contributed by atoms with Gasteiger partial charge in [0, 0.05) is 40.6 Å². The Labute approximate surface area is 226 Å². The number of fused-ring (bicyclic) bond motifs is 1. The number of rotatable bonds is 12. The summed E-state index contributed by atoms with van der Waals surface area (Å²) in [5.74, 6) is 1.68. The highest BCUT2D eigenvalue weighted by Crippen LogP contribution is 2.31. The van der Waals surface area contributed by atoms with Gasteiger partial charge in [0.15, 0.2) is 11.5 Å². The van der Waals surface area contributed by atoms with Crippen molar-refractivity contribution < 1.29 is 23.8 Å². The number of anilines is 1. The second kappa shape index (κ2) is 12.9. The summed E-state index contributed by atoms with van der Waals surface area (Å²) >= 11 is 1.47. The average molecular weight is 534 g/mol. The van der Waals surface area contributed by atoms with Crippen LogP contribution in [0.1, 0.15) is 17.3 Å². The number of hydrogen-bond acceptors (Lipinski definition) is 6. The van der Waals surface area contributed by atoms with Crippen LogP contribution < -0.4 is 24.8 Å². The molecule has 0 fully saturated rings. The molecule has 198 valence electrons. The van der Waals surface area contributed by atoms with Crippen molar-refractivity contribution in [1.29, 1.82) is 0 Å². The lowest BCUT2D eigenvalue weighted by Gasteiger charge is -2.11. The van der Waals surface area contributed by atoms with Crippen molar-refractivity contribution in [3.63, 3.8) is 0 Å². The summed E-state index contributed by atoms with van der Waals surface area (Å²) in [6.07, 6.45) is 2.03. The fourth-order valence-electron chi connectivity index (χ4n) is 4.06. The Morgan fingerprint density at radius 1 is 0.921 bits per heavy atom. The van der Waals surface area contributed by atoms with Gasteiger partial charge >= 0.3 is 0 Å². The SMILES string of the molecule is CCOc1ccccc1NC(=O)CSc1cn(CCNC(=O)c2ccc(OC)c(OC)c2)c2ccccc12. The van der Waals surface area contributed by atoms with E-state index in [1.54, 1.807) is 25.3 Å². The molecule has 4 aromatic rings. The number of benzene rings is 3. The predicted molar refractivity (Wildman–Crippen MR) is 151 cm³/mol. The molecule has 0 spiro atoms. The Kier molecular flexibility index (Phi) is 9.16. The van der Waals surface area contributed by atoms with Crippen molar-refractivity contribution in [2.24, 2.45) is 0 Å². The molecule has 0 aliphatic rings. The fourth-order valence-corrected chi connectivity index (χ4v) is 4.95. The van der Waals surface area contributed by atoms with Crippen molar-refractivity contribution in [1.82, 2.24) is 9.88 Å². The molecule has 0 aliphatic heterocycles. The van der Waals surface area contributed by atoms with Gasteiger partial charge in [0.1, 0.15) is 5.75 Å². The molecule has 0 bridgehead atoms. The van der Waals surface area contributed by atoms with Crippen LogP contribution in [0.4, 0.5) is 5.69 Å². The molecule has 9 heteroatoms. The van der Waals surface area contributed by atoms with E-state index in [2.05, 4.69) is 15.2 Å². The van der Waals surface area contributed by atoms with Crippen molar-refractivity contribution in [2.75, 3.05) is 38.4 Å². The minimum Gasteiger partial charge on any atom is -0.493 e. The van der Waals surface area contributed by atoms with Gasteiger partial charge < -0.3 is 29.4 Å². The topological polar surface area (TPSA) is 90.8 Å². The zero-order valence-electron chi connectivity index (χ0n) is 21.7. The zero-order chi connectivity index (χ0) is 26.9. The first-order valence-electron chi connectivity index (χ1n) is 12.3. The Morgan fingerprint density at radius 2 is 1.68 bits per heavy atom. The molecular formula is C29H31N3O5S. The fraction of sp³-hybridized carbons (Fsp3) is 0.241. The van der Waals surface area contributed by atoms with Crippen molar-refractivity contribution in [3.8, 4) is 17.2 Å². The van der Waals surface area contributed by atoms with Crippen molar-refractivity contribution in [3.05, 3.63) is 78.5 Å². The van der Waals surface area contributed by atoms with Gasteiger partial charge in [-0.25, -0.2) is 0 Å². The second-order valence-corrected chi connectivity index (χ2v) is 9.31. The number of aromatic nitrogens is 1. The van der Waals surface area contributed by atoms with Gasteiger partial charge in [0.05, 0.1) is 32.3 Å². The van der Waals surface area contributed by atoms with E-state index in [4.69, 9.17) is 14.2 Å². The van der Waals surface area contributed by atoms with E-state index < -0.39 is 0 Å². The normalized spacial score (nSPS) is 10.7. The molecule has 8 nitrogen and oxygen atoms in total. The molecule has 0 atom stereocenters. The summed E-state index contributed by atoms with van der Waals surface area (Å²) < 4.78 is 18.2. The number of ether oxygens (including phenoxy) is 3. The van der Waals surface area contributed by atoms with E-state index in [1.165, 1.54) is 18.9 Å². The van der Waals surface area contributed by atoms with E-state index in [0.29, 0.717) is 48.2 Å². The maximum atomic E-state index is 12.7. The van der Waals surface area contributed by atoms with Gasteiger partial charge in [0.25, 0.3) is 5.91 Å². The first-order chi connectivity index (χ1) is 18.5. The van der Waals surface area contributed by atoms with E-state index in [-0.39, 0.29) is 17.6 Å². The molecule has 2 amide bonds. The first-order valence-corrected chi connectivity index (χ1v) is 13.2. The number of para-hydroxylation sites is 3. The van der Waals surface area contributed by atoms with Crippen molar-refractivity contribution >= 4 is 40.2 Å². The van der Waals surface area contributed by atoms with Crippen LogP contribution in [0.3, 0.4) is 0 Å². The van der Waals surface area contributed by atoms with Gasteiger partial charge in [-0.15, -0.1) is 11.8 Å². The quantitative estimate of drug-likeness (QED) is 0.243. The lowest BCUT2D eigenvalue weighted by Crippen LogP contribution is -2.27. The largest absolute Gasteiger partial charge is 0.493 e. The second-order valence-electron chi connectivity index (χ2n) is 8.30. The standard InChI is InChI=1S/C29H31N3O5S/c1-4-37-24-12-8-6-10-22(24)31-28(33)19-38-27-18-32(23-11-7-5-9-21(23)27)16-15-30-29(34)20-13-14-25(35-2)26(17-20)36-3/h5-14,17-18H,4,15-16,19H2,1-3H3,(H,30,34)(H,31,33). The summed E-state index contributed by atoms with van der Waals surface area (Å²) in [4.78, 5) is 26.4. The lowest BCUT2D eigenvalue weighted by molar-refractivity contribution is -0.113. The van der Waals surface area contributed by atoms with E-state index in [1.807, 2.05) is 61.7 Å². The van der Waals surface area contributed by atoms with Crippen molar-refractivity contribution in [2.45, 2.75) is 18.4 Å². The summed E-state index contributed by atoms with van der Waals surface area (Å²) in [5.41, 5.74) is 2.19. The molecule has 2 N–H and O–H groups in total. The molecule has 1 aromatic heterocycles. The van der Waals surface area contributed by atoms with Gasteiger partial charge in [-0.3, -0.25) is 9.59 Å². The van der Waals surface area contributed by atoms with Crippen LogP contribution in [0, 0.1) is 0 Å². The molecule has 1 heterocycles. The number of methoxy groups -OCH3 is 2. The molecule has 0 saturated heterocycles. The molecular weight excluding hydrogens is 502 g/mol. The smallest absolute Gasteiger partial charge is 0.251 e.